The number of aldehydes is 1. The molecule has 0 saturated heterocycles. The lowest BCUT2D eigenvalue weighted by molar-refractivity contribution is 0.111. The van der Waals surface area contributed by atoms with Crippen LogP contribution in [-0.4, -0.2) is 11.3 Å². The van der Waals surface area contributed by atoms with Crippen molar-refractivity contribution in [1.82, 2.24) is 4.98 Å². The molecular weight excluding hydrogens is 212 g/mol. The first-order valence-electron chi connectivity index (χ1n) is 3.89. The van der Waals surface area contributed by atoms with Crippen LogP contribution < -0.4 is 0 Å². The molecule has 1 rings (SSSR count). The molecule has 1 heterocycles. The molecule has 0 fully saturated rings. The minimum absolute atomic E-state index is 0.0125. The van der Waals surface area contributed by atoms with E-state index in [4.69, 9.17) is 11.6 Å². The first-order valence-corrected chi connectivity index (χ1v) is 4.43. The number of carbonyl (C=O) groups is 1. The van der Waals surface area contributed by atoms with Crippen LogP contribution in [0.25, 0.3) is 0 Å². The molecule has 5 heteroatoms. The lowest BCUT2D eigenvalue weighted by atomic mass is 10.1. The monoisotopic (exact) mass is 219 g/mol. The first kappa shape index (κ1) is 11.0. The van der Waals surface area contributed by atoms with Crippen molar-refractivity contribution in [2.45, 2.75) is 19.2 Å². The van der Waals surface area contributed by atoms with Crippen molar-refractivity contribution in [1.29, 1.82) is 0 Å². The molecule has 1 aromatic rings. The summed E-state index contributed by atoms with van der Waals surface area (Å²) in [7, 11) is 0. The molecule has 0 saturated carbocycles. The van der Waals surface area contributed by atoms with Gasteiger partial charge in [-0.05, 0) is 18.6 Å². The topological polar surface area (TPSA) is 30.0 Å². The molecular formula is C9H8ClF2NO. The van der Waals surface area contributed by atoms with Crippen molar-refractivity contribution in [2.75, 3.05) is 0 Å². The van der Waals surface area contributed by atoms with Crippen LogP contribution in [0.5, 0.6) is 0 Å². The van der Waals surface area contributed by atoms with Gasteiger partial charge in [0.15, 0.2) is 6.29 Å². The standard InChI is InChI=1S/C9H8ClF2NO/c1-5-7(9(11)12)2-6(4-14)13-8(5)3-10/h2,4,9H,3H2,1H3. The van der Waals surface area contributed by atoms with Crippen molar-refractivity contribution >= 4 is 17.9 Å². The van der Waals surface area contributed by atoms with E-state index in [-0.39, 0.29) is 17.1 Å². The first-order chi connectivity index (χ1) is 6.60. The second-order valence-electron chi connectivity index (χ2n) is 2.76. The van der Waals surface area contributed by atoms with Gasteiger partial charge < -0.3 is 0 Å². The molecule has 76 valence electrons. The zero-order chi connectivity index (χ0) is 10.7. The largest absolute Gasteiger partial charge is 0.296 e. The fraction of sp³-hybridized carbons (Fsp3) is 0.333. The van der Waals surface area contributed by atoms with Crippen LogP contribution in [-0.2, 0) is 5.88 Å². The van der Waals surface area contributed by atoms with E-state index in [2.05, 4.69) is 4.98 Å². The Hall–Kier alpha value is -1.03. The van der Waals surface area contributed by atoms with Gasteiger partial charge in [-0.25, -0.2) is 13.8 Å². The fourth-order valence-electron chi connectivity index (χ4n) is 1.12. The number of nitrogens with zero attached hydrogens (tertiary/aromatic N) is 1. The molecule has 1 aromatic heterocycles. The Morgan fingerprint density at radius 2 is 2.29 bits per heavy atom. The maximum atomic E-state index is 12.5. The van der Waals surface area contributed by atoms with Crippen molar-refractivity contribution in [3.63, 3.8) is 0 Å². The van der Waals surface area contributed by atoms with E-state index in [1.165, 1.54) is 6.92 Å². The van der Waals surface area contributed by atoms with Gasteiger partial charge in [0.2, 0.25) is 0 Å². The van der Waals surface area contributed by atoms with Crippen LogP contribution in [0.3, 0.4) is 0 Å². The van der Waals surface area contributed by atoms with Crippen molar-refractivity contribution in [3.05, 3.63) is 28.6 Å². The predicted octanol–water partition coefficient (Wildman–Crippen LogP) is 2.88. The van der Waals surface area contributed by atoms with Gasteiger partial charge >= 0.3 is 0 Å². The maximum Gasteiger partial charge on any atom is 0.264 e. The zero-order valence-electron chi connectivity index (χ0n) is 7.43. The molecule has 0 aliphatic carbocycles. The normalized spacial score (nSPS) is 10.6. The minimum atomic E-state index is -2.61. The van der Waals surface area contributed by atoms with Crippen molar-refractivity contribution in [3.8, 4) is 0 Å². The van der Waals surface area contributed by atoms with Gasteiger partial charge in [-0.2, -0.15) is 0 Å². The SMILES string of the molecule is Cc1c(C(F)F)cc(C=O)nc1CCl. The highest BCUT2D eigenvalue weighted by Crippen LogP contribution is 2.25. The van der Waals surface area contributed by atoms with E-state index >= 15 is 0 Å². The van der Waals surface area contributed by atoms with E-state index in [1.54, 1.807) is 0 Å². The third-order valence-electron chi connectivity index (χ3n) is 1.92. The van der Waals surface area contributed by atoms with E-state index in [1.807, 2.05) is 0 Å². The summed E-state index contributed by atoms with van der Waals surface area (Å²) in [4.78, 5) is 14.2. The summed E-state index contributed by atoms with van der Waals surface area (Å²) >= 11 is 5.51. The highest BCUT2D eigenvalue weighted by atomic mass is 35.5. The van der Waals surface area contributed by atoms with E-state index in [0.717, 1.165) is 6.07 Å². The van der Waals surface area contributed by atoms with E-state index < -0.39 is 6.43 Å². The number of hydrogen-bond donors (Lipinski definition) is 0. The molecule has 14 heavy (non-hydrogen) atoms. The Labute approximate surface area is 84.9 Å². The smallest absolute Gasteiger partial charge is 0.264 e. The summed E-state index contributed by atoms with van der Waals surface area (Å²) in [6.45, 7) is 1.51. The molecule has 0 spiro atoms. The van der Waals surface area contributed by atoms with Gasteiger partial charge in [0.05, 0.1) is 11.6 Å². The summed E-state index contributed by atoms with van der Waals surface area (Å²) in [6, 6.07) is 1.09. The number of halogens is 3. The number of carbonyl (C=O) groups excluding carboxylic acids is 1. The average molecular weight is 220 g/mol. The van der Waals surface area contributed by atoms with Crippen molar-refractivity contribution < 1.29 is 13.6 Å². The fourth-order valence-corrected chi connectivity index (χ4v) is 1.38. The minimum Gasteiger partial charge on any atom is -0.296 e. The Kier molecular flexibility index (Phi) is 3.52. The Bertz CT molecular complexity index is 355. The molecule has 0 unspecified atom stereocenters. The van der Waals surface area contributed by atoms with E-state index in [0.29, 0.717) is 17.5 Å². The summed E-state index contributed by atoms with van der Waals surface area (Å²) < 4.78 is 24.9. The number of aromatic nitrogens is 1. The van der Waals surface area contributed by atoms with Crippen LogP contribution in [0.1, 0.15) is 33.7 Å². The van der Waals surface area contributed by atoms with Crippen LogP contribution in [0.4, 0.5) is 8.78 Å². The van der Waals surface area contributed by atoms with Gasteiger partial charge in [-0.1, -0.05) is 0 Å². The zero-order valence-corrected chi connectivity index (χ0v) is 8.18. The third-order valence-corrected chi connectivity index (χ3v) is 2.17. The van der Waals surface area contributed by atoms with Crippen molar-refractivity contribution in [2.24, 2.45) is 0 Å². The third kappa shape index (κ3) is 2.07. The second kappa shape index (κ2) is 4.46. The van der Waals surface area contributed by atoms with Crippen LogP contribution >= 0.6 is 11.6 Å². The molecule has 0 aromatic carbocycles. The lowest BCUT2D eigenvalue weighted by Gasteiger charge is -2.08. The van der Waals surface area contributed by atoms with Crippen LogP contribution in [0, 0.1) is 6.92 Å². The number of rotatable bonds is 3. The van der Waals surface area contributed by atoms with Gasteiger partial charge in [0.25, 0.3) is 6.43 Å². The maximum absolute atomic E-state index is 12.5. The lowest BCUT2D eigenvalue weighted by Crippen LogP contribution is -2.01. The highest BCUT2D eigenvalue weighted by Gasteiger charge is 2.15. The number of hydrogen-bond acceptors (Lipinski definition) is 2. The van der Waals surface area contributed by atoms with Gasteiger partial charge in [-0.3, -0.25) is 4.79 Å². The molecule has 0 bridgehead atoms. The Morgan fingerprint density at radius 3 is 2.71 bits per heavy atom. The Morgan fingerprint density at radius 1 is 1.64 bits per heavy atom. The molecule has 0 N–H and O–H groups in total. The summed E-state index contributed by atoms with van der Waals surface area (Å²) in [5.41, 5.74) is 0.478. The van der Waals surface area contributed by atoms with Crippen LogP contribution in [0.15, 0.2) is 6.07 Å². The van der Waals surface area contributed by atoms with Gasteiger partial charge in [0, 0.05) is 5.56 Å². The molecule has 0 radical (unpaired) electrons. The molecule has 0 atom stereocenters. The molecule has 0 aliphatic heterocycles. The average Bonchev–Trinajstić information content (AvgIpc) is 2.17. The van der Waals surface area contributed by atoms with Crippen LogP contribution in [0.2, 0.25) is 0 Å². The predicted molar refractivity (Wildman–Crippen MR) is 48.9 cm³/mol. The highest BCUT2D eigenvalue weighted by molar-refractivity contribution is 6.17. The Balaban J connectivity index is 3.34. The number of pyridine rings is 1. The molecule has 2 nitrogen and oxygen atoms in total. The molecule has 0 aliphatic rings. The van der Waals surface area contributed by atoms with Gasteiger partial charge in [-0.15, -0.1) is 11.6 Å². The molecule has 0 amide bonds. The summed E-state index contributed by atoms with van der Waals surface area (Å²) in [5, 5.41) is 0. The van der Waals surface area contributed by atoms with E-state index in [9.17, 15) is 13.6 Å². The quantitative estimate of drug-likeness (QED) is 0.578. The second-order valence-corrected chi connectivity index (χ2v) is 3.03. The number of alkyl halides is 3. The van der Waals surface area contributed by atoms with Gasteiger partial charge in [0.1, 0.15) is 5.69 Å². The summed E-state index contributed by atoms with van der Waals surface area (Å²) in [5.74, 6) is 0.0211. The summed E-state index contributed by atoms with van der Waals surface area (Å²) in [6.07, 6.45) is -2.18.